The summed E-state index contributed by atoms with van der Waals surface area (Å²) < 4.78 is 43.9. The first-order chi connectivity index (χ1) is 8.34. The van der Waals surface area contributed by atoms with E-state index in [1.807, 2.05) is 6.92 Å². The van der Waals surface area contributed by atoms with Gasteiger partial charge in [-0.05, 0) is 38.1 Å². The van der Waals surface area contributed by atoms with Crippen molar-refractivity contribution >= 4 is 0 Å². The van der Waals surface area contributed by atoms with Gasteiger partial charge in [0, 0.05) is 6.54 Å². The Morgan fingerprint density at radius 2 is 1.94 bits per heavy atom. The van der Waals surface area contributed by atoms with Crippen molar-refractivity contribution in [2.75, 3.05) is 6.54 Å². The lowest BCUT2D eigenvalue weighted by Crippen LogP contribution is -2.15. The average molecular weight is 261 g/mol. The number of rotatable bonds is 5. The molecule has 0 fully saturated rings. The van der Waals surface area contributed by atoms with Gasteiger partial charge in [0.25, 0.3) is 0 Å². The van der Waals surface area contributed by atoms with Crippen LogP contribution in [0.25, 0.3) is 0 Å². The highest BCUT2D eigenvalue weighted by molar-refractivity contribution is 5.39. The molecule has 5 heteroatoms. The van der Waals surface area contributed by atoms with E-state index in [1.54, 1.807) is 19.9 Å². The molecule has 0 unspecified atom stereocenters. The minimum absolute atomic E-state index is 0.113. The minimum Gasteiger partial charge on any atom is -0.490 e. The van der Waals surface area contributed by atoms with E-state index in [9.17, 15) is 13.2 Å². The molecule has 18 heavy (non-hydrogen) atoms. The molecule has 0 aliphatic carbocycles. The van der Waals surface area contributed by atoms with Gasteiger partial charge in [0.05, 0.1) is 11.7 Å². The lowest BCUT2D eigenvalue weighted by atomic mass is 10.1. The zero-order valence-electron chi connectivity index (χ0n) is 10.8. The fourth-order valence-electron chi connectivity index (χ4n) is 1.53. The molecule has 1 rings (SSSR count). The third-order valence-corrected chi connectivity index (χ3v) is 2.29. The summed E-state index contributed by atoms with van der Waals surface area (Å²) >= 11 is 0. The van der Waals surface area contributed by atoms with Crippen LogP contribution in [-0.4, -0.2) is 12.6 Å². The summed E-state index contributed by atoms with van der Waals surface area (Å²) in [6.45, 7) is 6.44. The summed E-state index contributed by atoms with van der Waals surface area (Å²) in [4.78, 5) is 0. The molecule has 1 aromatic rings. The predicted octanol–water partition coefficient (Wildman–Crippen LogP) is 3.60. The molecule has 2 nitrogen and oxygen atoms in total. The monoisotopic (exact) mass is 261 g/mol. The molecule has 0 aromatic heterocycles. The summed E-state index contributed by atoms with van der Waals surface area (Å²) in [6.07, 6.45) is -4.68. The van der Waals surface area contributed by atoms with Crippen LogP contribution in [-0.2, 0) is 12.7 Å². The molecule has 0 radical (unpaired) electrons. The Morgan fingerprint density at radius 3 is 2.44 bits per heavy atom. The predicted molar refractivity (Wildman–Crippen MR) is 64.6 cm³/mol. The van der Waals surface area contributed by atoms with Crippen molar-refractivity contribution in [2.24, 2.45) is 0 Å². The molecule has 0 saturated heterocycles. The van der Waals surface area contributed by atoms with E-state index in [4.69, 9.17) is 4.74 Å². The van der Waals surface area contributed by atoms with E-state index in [2.05, 4.69) is 5.32 Å². The highest BCUT2D eigenvalue weighted by atomic mass is 19.4. The summed E-state index contributed by atoms with van der Waals surface area (Å²) in [7, 11) is 0. The highest BCUT2D eigenvalue weighted by Gasteiger charge is 2.34. The zero-order valence-corrected chi connectivity index (χ0v) is 10.8. The number of halogens is 3. The second kappa shape index (κ2) is 6.09. The van der Waals surface area contributed by atoms with E-state index in [0.717, 1.165) is 6.07 Å². The Bertz CT molecular complexity index is 388. The van der Waals surface area contributed by atoms with Crippen LogP contribution in [0.3, 0.4) is 0 Å². The first kappa shape index (κ1) is 14.8. The number of hydrogen-bond acceptors (Lipinski definition) is 2. The Kier molecular flexibility index (Phi) is 5.02. The van der Waals surface area contributed by atoms with E-state index >= 15 is 0 Å². The lowest BCUT2D eigenvalue weighted by molar-refractivity contribution is -0.139. The largest absolute Gasteiger partial charge is 0.490 e. The Morgan fingerprint density at radius 1 is 1.28 bits per heavy atom. The average Bonchev–Trinajstić information content (AvgIpc) is 2.25. The van der Waals surface area contributed by atoms with Gasteiger partial charge < -0.3 is 10.1 Å². The normalized spacial score (nSPS) is 11.9. The van der Waals surface area contributed by atoms with Gasteiger partial charge in [0.2, 0.25) is 0 Å². The number of alkyl halides is 3. The Labute approximate surface area is 105 Å². The van der Waals surface area contributed by atoms with Crippen molar-refractivity contribution in [1.82, 2.24) is 5.32 Å². The van der Waals surface area contributed by atoms with E-state index in [1.165, 1.54) is 6.07 Å². The molecule has 0 saturated carbocycles. The zero-order chi connectivity index (χ0) is 13.8. The van der Waals surface area contributed by atoms with Crippen LogP contribution in [0.15, 0.2) is 18.2 Å². The maximum absolute atomic E-state index is 12.9. The molecule has 0 heterocycles. The van der Waals surface area contributed by atoms with E-state index in [-0.39, 0.29) is 11.9 Å². The third kappa shape index (κ3) is 4.22. The van der Waals surface area contributed by atoms with Crippen molar-refractivity contribution in [3.05, 3.63) is 29.3 Å². The molecule has 0 spiro atoms. The molecule has 0 aliphatic rings. The Hall–Kier alpha value is -1.23. The second-order valence-electron chi connectivity index (χ2n) is 4.28. The van der Waals surface area contributed by atoms with Crippen LogP contribution in [0.1, 0.15) is 31.9 Å². The molecule has 1 aromatic carbocycles. The summed E-state index contributed by atoms with van der Waals surface area (Å²) in [5, 5.41) is 3.00. The quantitative estimate of drug-likeness (QED) is 0.874. The van der Waals surface area contributed by atoms with E-state index < -0.39 is 11.7 Å². The summed E-state index contributed by atoms with van der Waals surface area (Å²) in [5.41, 5.74) is -0.119. The summed E-state index contributed by atoms with van der Waals surface area (Å²) in [5.74, 6) is -0.113. The number of benzene rings is 1. The highest BCUT2D eigenvalue weighted by Crippen LogP contribution is 2.37. The van der Waals surface area contributed by atoms with Gasteiger partial charge in [-0.25, -0.2) is 0 Å². The second-order valence-corrected chi connectivity index (χ2v) is 4.28. The first-order valence-corrected chi connectivity index (χ1v) is 5.92. The maximum Gasteiger partial charge on any atom is 0.419 e. The van der Waals surface area contributed by atoms with Gasteiger partial charge in [-0.3, -0.25) is 0 Å². The molecule has 0 aliphatic heterocycles. The molecule has 1 N–H and O–H groups in total. The van der Waals surface area contributed by atoms with Crippen molar-refractivity contribution < 1.29 is 17.9 Å². The van der Waals surface area contributed by atoms with Crippen LogP contribution < -0.4 is 10.1 Å². The number of ether oxygens (including phenoxy) is 1. The van der Waals surface area contributed by atoms with Gasteiger partial charge in [0.1, 0.15) is 5.75 Å². The molecule has 0 bridgehead atoms. The van der Waals surface area contributed by atoms with Crippen LogP contribution in [0.2, 0.25) is 0 Å². The van der Waals surface area contributed by atoms with Crippen molar-refractivity contribution in [1.29, 1.82) is 0 Å². The summed E-state index contributed by atoms with van der Waals surface area (Å²) in [6, 6.07) is 4.17. The van der Waals surface area contributed by atoms with Gasteiger partial charge >= 0.3 is 6.18 Å². The third-order valence-electron chi connectivity index (χ3n) is 2.29. The first-order valence-electron chi connectivity index (χ1n) is 5.92. The fourth-order valence-corrected chi connectivity index (χ4v) is 1.53. The van der Waals surface area contributed by atoms with Crippen LogP contribution >= 0.6 is 0 Å². The Balaban J connectivity index is 3.05. The van der Waals surface area contributed by atoms with Crippen molar-refractivity contribution in [2.45, 2.75) is 39.6 Å². The van der Waals surface area contributed by atoms with E-state index in [0.29, 0.717) is 18.7 Å². The number of nitrogens with one attached hydrogen (secondary N) is 1. The number of hydrogen-bond donors (Lipinski definition) is 1. The van der Waals surface area contributed by atoms with Crippen LogP contribution in [0, 0.1) is 0 Å². The fraction of sp³-hybridized carbons (Fsp3) is 0.538. The molecule has 102 valence electrons. The van der Waals surface area contributed by atoms with Crippen molar-refractivity contribution in [3.63, 3.8) is 0 Å². The van der Waals surface area contributed by atoms with Gasteiger partial charge in [-0.15, -0.1) is 0 Å². The minimum atomic E-state index is -4.40. The standard InChI is InChI=1S/C13H18F3NO/c1-4-17-8-10-5-6-12(18-9(2)3)11(7-10)13(14,15)16/h5-7,9,17H,4,8H2,1-3H3. The van der Waals surface area contributed by atoms with Crippen LogP contribution in [0.5, 0.6) is 5.75 Å². The lowest BCUT2D eigenvalue weighted by Gasteiger charge is -2.17. The smallest absolute Gasteiger partial charge is 0.419 e. The van der Waals surface area contributed by atoms with Gasteiger partial charge in [-0.2, -0.15) is 13.2 Å². The van der Waals surface area contributed by atoms with Crippen molar-refractivity contribution in [3.8, 4) is 5.75 Å². The molecule has 0 atom stereocenters. The van der Waals surface area contributed by atoms with Crippen LogP contribution in [0.4, 0.5) is 13.2 Å². The maximum atomic E-state index is 12.9. The molecule has 0 amide bonds. The van der Waals surface area contributed by atoms with Gasteiger partial charge in [0.15, 0.2) is 0 Å². The van der Waals surface area contributed by atoms with Gasteiger partial charge in [-0.1, -0.05) is 13.0 Å². The molecular weight excluding hydrogens is 243 g/mol. The topological polar surface area (TPSA) is 21.3 Å². The SMILES string of the molecule is CCNCc1ccc(OC(C)C)c(C(F)(F)F)c1. The molecular formula is C13H18F3NO.